The lowest BCUT2D eigenvalue weighted by atomic mass is 10.0. The maximum Gasteiger partial charge on any atom is 0.245 e. The van der Waals surface area contributed by atoms with Gasteiger partial charge in [-0.05, 0) is 18.2 Å². The molecule has 3 rings (SSSR count). The average molecular weight is 302 g/mol. The number of thioether (sulfide) groups is 1. The van der Waals surface area contributed by atoms with Gasteiger partial charge in [-0.1, -0.05) is 30.3 Å². The predicted molar refractivity (Wildman–Crippen MR) is 82.8 cm³/mol. The lowest BCUT2D eigenvalue weighted by Crippen LogP contribution is -2.43. The van der Waals surface area contributed by atoms with Gasteiger partial charge >= 0.3 is 0 Å². The number of hydrogen-bond donors (Lipinski definition) is 1. The highest BCUT2D eigenvalue weighted by atomic mass is 32.2. The van der Waals surface area contributed by atoms with E-state index in [1.165, 1.54) is 17.8 Å². The van der Waals surface area contributed by atoms with E-state index in [1.54, 1.807) is 30.1 Å². The Bertz CT molecular complexity index is 691. The fourth-order valence-corrected chi connectivity index (χ4v) is 3.82. The van der Waals surface area contributed by atoms with Gasteiger partial charge in [0.25, 0.3) is 0 Å². The number of nitrogens with two attached hydrogens (primary N) is 1. The predicted octanol–water partition coefficient (Wildman–Crippen LogP) is 2.96. The number of carbonyl (C=O) groups excluding carboxylic acids is 1. The fourth-order valence-electron chi connectivity index (χ4n) is 2.48. The van der Waals surface area contributed by atoms with Crippen LogP contribution >= 0.6 is 11.8 Å². The molecular formula is C16H15FN2OS. The summed E-state index contributed by atoms with van der Waals surface area (Å²) in [5.74, 6) is -0.541. The first-order chi connectivity index (χ1) is 10.1. The van der Waals surface area contributed by atoms with Crippen LogP contribution in [0.2, 0.25) is 0 Å². The number of carbonyl (C=O) groups is 1. The Labute approximate surface area is 126 Å². The number of amides is 1. The minimum atomic E-state index is -0.788. The monoisotopic (exact) mass is 302 g/mol. The first-order valence-electron chi connectivity index (χ1n) is 6.63. The number of halogens is 1. The Balaban J connectivity index is 2.11. The normalized spacial score (nSPS) is 21.9. The van der Waals surface area contributed by atoms with Crippen LogP contribution in [0.3, 0.4) is 0 Å². The van der Waals surface area contributed by atoms with E-state index in [1.807, 2.05) is 24.3 Å². The molecule has 5 heteroatoms. The zero-order valence-electron chi connectivity index (χ0n) is 11.5. The van der Waals surface area contributed by atoms with Gasteiger partial charge in [-0.3, -0.25) is 4.79 Å². The van der Waals surface area contributed by atoms with E-state index in [-0.39, 0.29) is 11.7 Å². The van der Waals surface area contributed by atoms with Gasteiger partial charge in [0.1, 0.15) is 11.9 Å². The molecule has 0 aromatic heterocycles. The second-order valence-corrected chi connectivity index (χ2v) is 6.13. The maximum atomic E-state index is 14.1. The molecule has 2 aromatic carbocycles. The molecule has 1 aliphatic heterocycles. The Morgan fingerprint density at radius 2 is 1.81 bits per heavy atom. The van der Waals surface area contributed by atoms with Crippen molar-refractivity contribution in [2.45, 2.75) is 16.2 Å². The molecule has 0 spiro atoms. The van der Waals surface area contributed by atoms with Crippen LogP contribution < -0.4 is 10.6 Å². The van der Waals surface area contributed by atoms with E-state index in [4.69, 9.17) is 5.73 Å². The molecule has 2 atom stereocenters. The highest BCUT2D eigenvalue weighted by Gasteiger charge is 2.35. The van der Waals surface area contributed by atoms with Crippen molar-refractivity contribution in [3.8, 4) is 0 Å². The SMILES string of the molecule is CN1C(=O)[C@@H](N)[C@@H](c2ccccc2F)Sc2ccccc21. The second-order valence-electron chi connectivity index (χ2n) is 4.95. The Morgan fingerprint density at radius 3 is 2.57 bits per heavy atom. The topological polar surface area (TPSA) is 46.3 Å². The third-order valence-electron chi connectivity index (χ3n) is 3.63. The molecule has 3 nitrogen and oxygen atoms in total. The third-order valence-corrected chi connectivity index (χ3v) is 5.03. The molecule has 2 N–H and O–H groups in total. The van der Waals surface area contributed by atoms with Crippen LogP contribution in [0.5, 0.6) is 0 Å². The lowest BCUT2D eigenvalue weighted by Gasteiger charge is -2.22. The van der Waals surface area contributed by atoms with Crippen molar-refractivity contribution >= 4 is 23.4 Å². The van der Waals surface area contributed by atoms with E-state index in [2.05, 4.69) is 0 Å². The van der Waals surface area contributed by atoms with E-state index >= 15 is 0 Å². The molecule has 1 aliphatic rings. The van der Waals surface area contributed by atoms with E-state index in [0.717, 1.165) is 10.6 Å². The molecule has 0 aliphatic carbocycles. The molecule has 1 heterocycles. The molecule has 0 saturated heterocycles. The molecule has 21 heavy (non-hydrogen) atoms. The Hall–Kier alpha value is -1.85. The summed E-state index contributed by atoms with van der Waals surface area (Å²) in [6, 6.07) is 13.3. The van der Waals surface area contributed by atoms with Crippen LogP contribution in [0.1, 0.15) is 10.8 Å². The molecule has 0 radical (unpaired) electrons. The number of nitrogens with zero attached hydrogens (tertiary/aromatic N) is 1. The Kier molecular flexibility index (Phi) is 3.69. The van der Waals surface area contributed by atoms with Crippen LogP contribution in [0.15, 0.2) is 53.4 Å². The van der Waals surface area contributed by atoms with Gasteiger partial charge < -0.3 is 10.6 Å². The number of para-hydroxylation sites is 1. The van der Waals surface area contributed by atoms with Gasteiger partial charge in [0.2, 0.25) is 5.91 Å². The van der Waals surface area contributed by atoms with Gasteiger partial charge in [-0.15, -0.1) is 11.8 Å². The molecule has 0 bridgehead atoms. The summed E-state index contributed by atoms with van der Waals surface area (Å²) in [6.07, 6.45) is 0. The van der Waals surface area contributed by atoms with Gasteiger partial charge in [-0.2, -0.15) is 0 Å². The number of rotatable bonds is 1. The summed E-state index contributed by atoms with van der Waals surface area (Å²) in [6.45, 7) is 0. The molecular weight excluding hydrogens is 287 g/mol. The number of benzene rings is 2. The quantitative estimate of drug-likeness (QED) is 0.881. The highest BCUT2D eigenvalue weighted by molar-refractivity contribution is 7.99. The van der Waals surface area contributed by atoms with Crippen molar-refractivity contribution < 1.29 is 9.18 Å². The molecule has 0 fully saturated rings. The fraction of sp³-hybridized carbons (Fsp3) is 0.188. The summed E-state index contributed by atoms with van der Waals surface area (Å²) >= 11 is 1.43. The summed E-state index contributed by atoms with van der Waals surface area (Å²) in [4.78, 5) is 14.9. The number of hydrogen-bond acceptors (Lipinski definition) is 3. The Morgan fingerprint density at radius 1 is 1.14 bits per heavy atom. The standard InChI is InChI=1S/C16H15FN2OS/c1-19-12-8-4-5-9-13(12)21-15(14(18)16(19)20)10-6-2-3-7-11(10)17/h2-9,14-15H,18H2,1H3/t14-,15+/m0/s1. The first-order valence-corrected chi connectivity index (χ1v) is 7.51. The van der Waals surface area contributed by atoms with E-state index < -0.39 is 11.3 Å². The van der Waals surface area contributed by atoms with Crippen molar-refractivity contribution in [1.29, 1.82) is 0 Å². The second kappa shape index (κ2) is 5.50. The van der Waals surface area contributed by atoms with Crippen molar-refractivity contribution in [3.05, 3.63) is 59.9 Å². The van der Waals surface area contributed by atoms with Crippen molar-refractivity contribution in [3.63, 3.8) is 0 Å². The zero-order valence-corrected chi connectivity index (χ0v) is 12.3. The molecule has 108 valence electrons. The molecule has 1 amide bonds. The number of likely N-dealkylation sites (N-methyl/N-ethyl adjacent to an activating group) is 1. The van der Waals surface area contributed by atoms with Gasteiger partial charge in [0.05, 0.1) is 10.9 Å². The molecule has 2 aromatic rings. The summed E-state index contributed by atoms with van der Waals surface area (Å²) < 4.78 is 14.1. The summed E-state index contributed by atoms with van der Waals surface area (Å²) in [5, 5.41) is -0.440. The van der Waals surface area contributed by atoms with Crippen molar-refractivity contribution in [2.24, 2.45) is 5.73 Å². The summed E-state index contributed by atoms with van der Waals surface area (Å²) in [7, 11) is 1.70. The largest absolute Gasteiger partial charge is 0.319 e. The third kappa shape index (κ3) is 2.43. The zero-order chi connectivity index (χ0) is 15.0. The van der Waals surface area contributed by atoms with E-state index in [0.29, 0.717) is 5.56 Å². The number of fused-ring (bicyclic) bond motifs is 1. The molecule has 0 saturated carbocycles. The van der Waals surface area contributed by atoms with Crippen LogP contribution in [0, 0.1) is 5.82 Å². The smallest absolute Gasteiger partial charge is 0.245 e. The minimum Gasteiger partial charge on any atom is -0.319 e. The van der Waals surface area contributed by atoms with Crippen LogP contribution in [-0.4, -0.2) is 19.0 Å². The van der Waals surface area contributed by atoms with Crippen molar-refractivity contribution in [2.75, 3.05) is 11.9 Å². The van der Waals surface area contributed by atoms with Crippen LogP contribution in [0.25, 0.3) is 0 Å². The number of anilines is 1. The van der Waals surface area contributed by atoms with Crippen LogP contribution in [-0.2, 0) is 4.79 Å². The van der Waals surface area contributed by atoms with E-state index in [9.17, 15) is 9.18 Å². The first kappa shape index (κ1) is 14.1. The highest BCUT2D eigenvalue weighted by Crippen LogP contribution is 2.45. The maximum absolute atomic E-state index is 14.1. The lowest BCUT2D eigenvalue weighted by molar-refractivity contribution is -0.119. The van der Waals surface area contributed by atoms with Crippen molar-refractivity contribution in [1.82, 2.24) is 0 Å². The average Bonchev–Trinajstić information content (AvgIpc) is 2.59. The van der Waals surface area contributed by atoms with Gasteiger partial charge in [0.15, 0.2) is 0 Å². The van der Waals surface area contributed by atoms with Gasteiger partial charge in [0, 0.05) is 17.5 Å². The molecule has 0 unspecified atom stereocenters. The van der Waals surface area contributed by atoms with Crippen LogP contribution in [0.4, 0.5) is 10.1 Å². The minimum absolute atomic E-state index is 0.208. The summed E-state index contributed by atoms with van der Waals surface area (Å²) in [5.41, 5.74) is 7.39. The van der Waals surface area contributed by atoms with Gasteiger partial charge in [-0.25, -0.2) is 4.39 Å².